The first-order valence-corrected chi connectivity index (χ1v) is 10.7. The van der Waals surface area contributed by atoms with Crippen LogP contribution in [0.4, 0.5) is 0 Å². The van der Waals surface area contributed by atoms with Crippen LogP contribution in [0.5, 0.6) is 0 Å². The fraction of sp³-hybridized carbons (Fsp3) is 0.0870. The zero-order chi connectivity index (χ0) is 21.0. The lowest BCUT2D eigenvalue weighted by atomic mass is 10.1. The number of benzene rings is 3. The Bertz CT molecular complexity index is 1220. The molecule has 30 heavy (non-hydrogen) atoms. The van der Waals surface area contributed by atoms with Crippen molar-refractivity contribution in [2.45, 2.75) is 17.7 Å². The maximum Gasteiger partial charge on any atom is 0.341 e. The maximum atomic E-state index is 12.9. The van der Waals surface area contributed by atoms with Gasteiger partial charge in [-0.3, -0.25) is 0 Å². The van der Waals surface area contributed by atoms with Gasteiger partial charge in [-0.2, -0.15) is 8.42 Å². The van der Waals surface area contributed by atoms with Gasteiger partial charge in [-0.25, -0.2) is 8.98 Å². The molecule has 0 fully saturated rings. The van der Waals surface area contributed by atoms with Crippen LogP contribution in [0.2, 0.25) is 0 Å². The monoisotopic (exact) mass is 421 g/mol. The first kappa shape index (κ1) is 19.9. The van der Waals surface area contributed by atoms with E-state index in [2.05, 4.69) is 4.98 Å². The summed E-state index contributed by atoms with van der Waals surface area (Å²) in [5.41, 5.74) is 1.83. The van der Waals surface area contributed by atoms with Gasteiger partial charge in [0, 0.05) is 10.9 Å². The molecular weight excluding hydrogens is 402 g/mol. The number of ether oxygens (including phenoxy) is 1. The fourth-order valence-electron chi connectivity index (χ4n) is 3.02. The first-order chi connectivity index (χ1) is 14.5. The maximum absolute atomic E-state index is 12.9. The zero-order valence-corrected chi connectivity index (χ0v) is 16.7. The van der Waals surface area contributed by atoms with Crippen molar-refractivity contribution in [3.05, 3.63) is 102 Å². The van der Waals surface area contributed by atoms with E-state index in [-0.39, 0.29) is 11.6 Å². The van der Waals surface area contributed by atoms with Gasteiger partial charge >= 0.3 is 16.1 Å². The Morgan fingerprint density at radius 1 is 0.867 bits per heavy atom. The van der Waals surface area contributed by atoms with Crippen LogP contribution >= 0.6 is 0 Å². The largest absolute Gasteiger partial charge is 0.459 e. The summed E-state index contributed by atoms with van der Waals surface area (Å²) in [6.07, 6.45) is -1.42. The van der Waals surface area contributed by atoms with Crippen LogP contribution in [-0.4, -0.2) is 19.4 Å². The van der Waals surface area contributed by atoms with Gasteiger partial charge in [0.1, 0.15) is 6.61 Å². The molecule has 1 heterocycles. The molecule has 1 unspecified atom stereocenters. The van der Waals surface area contributed by atoms with Crippen LogP contribution < -0.4 is 0 Å². The quantitative estimate of drug-likeness (QED) is 0.354. The highest BCUT2D eigenvalue weighted by atomic mass is 32.2. The van der Waals surface area contributed by atoms with Gasteiger partial charge in [0.05, 0.1) is 0 Å². The van der Waals surface area contributed by atoms with Crippen LogP contribution in [0.15, 0.2) is 96.0 Å². The van der Waals surface area contributed by atoms with E-state index in [1.807, 2.05) is 30.3 Å². The van der Waals surface area contributed by atoms with Crippen molar-refractivity contribution in [1.82, 2.24) is 4.98 Å². The number of para-hydroxylation sites is 1. The predicted molar refractivity (Wildman–Crippen MR) is 112 cm³/mol. The molecule has 0 bridgehead atoms. The average Bonchev–Trinajstić information content (AvgIpc) is 3.23. The number of fused-ring (bicyclic) bond motifs is 1. The molecule has 0 aliphatic carbocycles. The predicted octanol–water partition coefficient (Wildman–Crippen LogP) is 4.36. The van der Waals surface area contributed by atoms with Gasteiger partial charge in [0.25, 0.3) is 0 Å². The Morgan fingerprint density at radius 3 is 2.20 bits per heavy atom. The van der Waals surface area contributed by atoms with Crippen LogP contribution in [0.1, 0.15) is 17.2 Å². The third kappa shape index (κ3) is 4.42. The molecule has 0 saturated heterocycles. The molecule has 0 aliphatic heterocycles. The molecule has 0 saturated carbocycles. The van der Waals surface area contributed by atoms with Gasteiger partial charge in [-0.05, 0) is 23.3 Å². The van der Waals surface area contributed by atoms with Crippen molar-refractivity contribution >= 4 is 27.0 Å². The second-order valence-electron chi connectivity index (χ2n) is 6.66. The minimum atomic E-state index is -4.25. The molecule has 0 spiro atoms. The Kier molecular flexibility index (Phi) is 5.65. The first-order valence-electron chi connectivity index (χ1n) is 9.29. The second-order valence-corrected chi connectivity index (χ2v) is 8.20. The molecule has 0 aliphatic rings. The minimum Gasteiger partial charge on any atom is -0.459 e. The van der Waals surface area contributed by atoms with Gasteiger partial charge in [0.2, 0.25) is 0 Å². The molecular formula is C23H19NO5S. The lowest BCUT2D eigenvalue weighted by Crippen LogP contribution is -2.22. The summed E-state index contributed by atoms with van der Waals surface area (Å²) in [7, 11) is -4.25. The molecule has 0 amide bonds. The number of hydrogen-bond donors (Lipinski definition) is 1. The molecule has 7 heteroatoms. The number of nitrogens with one attached hydrogen (secondary N) is 1. The topological polar surface area (TPSA) is 85.5 Å². The van der Waals surface area contributed by atoms with E-state index >= 15 is 0 Å². The van der Waals surface area contributed by atoms with Crippen molar-refractivity contribution in [2.24, 2.45) is 0 Å². The fourth-order valence-corrected chi connectivity index (χ4v) is 4.08. The molecule has 1 atom stereocenters. The van der Waals surface area contributed by atoms with E-state index in [1.54, 1.807) is 54.6 Å². The summed E-state index contributed by atoms with van der Waals surface area (Å²) >= 11 is 0. The van der Waals surface area contributed by atoms with Gasteiger partial charge < -0.3 is 9.72 Å². The average molecular weight is 421 g/mol. The number of hydrogen-bond acceptors (Lipinski definition) is 5. The Morgan fingerprint density at radius 2 is 1.50 bits per heavy atom. The van der Waals surface area contributed by atoms with E-state index in [0.29, 0.717) is 11.1 Å². The second kappa shape index (κ2) is 8.52. The van der Waals surface area contributed by atoms with Crippen LogP contribution in [-0.2, 0) is 30.4 Å². The molecule has 3 aromatic carbocycles. The van der Waals surface area contributed by atoms with Gasteiger partial charge in [-0.1, -0.05) is 78.9 Å². The summed E-state index contributed by atoms with van der Waals surface area (Å²) in [6.45, 7) is 0.0127. The van der Waals surface area contributed by atoms with E-state index < -0.39 is 22.2 Å². The SMILES string of the molecule is O=C(OCc1ccccc1)C(OS(=O)(=O)c1cc2ccccc2[nH]1)c1ccccc1. The van der Waals surface area contributed by atoms with Crippen molar-refractivity contribution in [3.63, 3.8) is 0 Å². The highest BCUT2D eigenvalue weighted by Gasteiger charge is 2.31. The van der Waals surface area contributed by atoms with Crippen LogP contribution in [0, 0.1) is 0 Å². The van der Waals surface area contributed by atoms with E-state index in [9.17, 15) is 13.2 Å². The molecule has 152 valence electrons. The van der Waals surface area contributed by atoms with Crippen molar-refractivity contribution in [1.29, 1.82) is 0 Å². The van der Waals surface area contributed by atoms with Gasteiger partial charge in [0.15, 0.2) is 11.1 Å². The van der Waals surface area contributed by atoms with E-state index in [1.165, 1.54) is 6.07 Å². The number of carbonyl (C=O) groups is 1. The number of esters is 1. The molecule has 1 N–H and O–H groups in total. The minimum absolute atomic E-state index is 0.0127. The summed E-state index contributed by atoms with van der Waals surface area (Å²) in [6, 6.07) is 26.2. The highest BCUT2D eigenvalue weighted by Crippen LogP contribution is 2.27. The van der Waals surface area contributed by atoms with Crippen molar-refractivity contribution < 1.29 is 22.1 Å². The number of aromatic amines is 1. The zero-order valence-electron chi connectivity index (χ0n) is 15.9. The highest BCUT2D eigenvalue weighted by molar-refractivity contribution is 7.86. The summed E-state index contributed by atoms with van der Waals surface area (Å²) < 4.78 is 36.5. The summed E-state index contributed by atoms with van der Waals surface area (Å²) in [4.78, 5) is 15.6. The smallest absolute Gasteiger partial charge is 0.341 e. The number of carbonyl (C=O) groups excluding carboxylic acids is 1. The normalized spacial score (nSPS) is 12.5. The van der Waals surface area contributed by atoms with Crippen LogP contribution in [0.25, 0.3) is 10.9 Å². The number of aromatic nitrogens is 1. The molecule has 0 radical (unpaired) electrons. The Labute approximate surface area is 174 Å². The molecule has 4 rings (SSSR count). The summed E-state index contributed by atoms with van der Waals surface area (Å²) in [5, 5.41) is 0.600. The lowest BCUT2D eigenvalue weighted by Gasteiger charge is -2.16. The Hall–Kier alpha value is -3.42. The molecule has 4 aromatic rings. The van der Waals surface area contributed by atoms with Gasteiger partial charge in [-0.15, -0.1) is 0 Å². The third-order valence-electron chi connectivity index (χ3n) is 4.54. The Balaban J connectivity index is 1.60. The molecule has 6 nitrogen and oxygen atoms in total. The standard InChI is InChI=1S/C23H19NO5S/c25-23(28-16-17-9-3-1-4-10-17)22(18-11-5-2-6-12-18)29-30(26,27)21-15-19-13-7-8-14-20(19)24-21/h1-15,22,24H,16H2. The lowest BCUT2D eigenvalue weighted by molar-refractivity contribution is -0.153. The van der Waals surface area contributed by atoms with E-state index in [0.717, 1.165) is 10.9 Å². The van der Waals surface area contributed by atoms with Crippen LogP contribution in [0.3, 0.4) is 0 Å². The van der Waals surface area contributed by atoms with Crippen molar-refractivity contribution in [3.8, 4) is 0 Å². The van der Waals surface area contributed by atoms with Crippen molar-refractivity contribution in [2.75, 3.05) is 0 Å². The third-order valence-corrected chi connectivity index (χ3v) is 5.74. The van der Waals surface area contributed by atoms with E-state index in [4.69, 9.17) is 8.92 Å². The number of rotatable bonds is 7. The summed E-state index contributed by atoms with van der Waals surface area (Å²) in [5.74, 6) is -0.787. The molecule has 1 aromatic heterocycles. The number of H-pyrrole nitrogens is 1.